The van der Waals surface area contributed by atoms with Crippen LogP contribution in [-0.4, -0.2) is 22.7 Å². The van der Waals surface area contributed by atoms with Crippen molar-refractivity contribution in [2.45, 2.75) is 19.0 Å². The lowest BCUT2D eigenvalue weighted by Crippen LogP contribution is -2.16. The van der Waals surface area contributed by atoms with E-state index in [-0.39, 0.29) is 18.0 Å². The zero-order chi connectivity index (χ0) is 12.9. The summed E-state index contributed by atoms with van der Waals surface area (Å²) in [7, 11) is 0. The lowest BCUT2D eigenvalue weighted by Gasteiger charge is -2.10. The zero-order valence-corrected chi connectivity index (χ0v) is 9.74. The van der Waals surface area contributed by atoms with Crippen LogP contribution in [0.5, 0.6) is 0 Å². The molecule has 0 aromatic carbocycles. The zero-order valence-electron chi connectivity index (χ0n) is 8.92. The van der Waals surface area contributed by atoms with Crippen LogP contribution in [0.2, 0.25) is 0 Å². The number of nitrogens with one attached hydrogen (secondary N) is 1. The SMILES string of the molecule is NC(=S)c1cccnc1NCCCC(F)(F)F. The van der Waals surface area contributed by atoms with Crippen LogP contribution in [-0.2, 0) is 0 Å². The normalized spacial score (nSPS) is 11.2. The summed E-state index contributed by atoms with van der Waals surface area (Å²) in [6.45, 7) is 0.173. The molecule has 1 aromatic heterocycles. The number of aromatic nitrogens is 1. The summed E-state index contributed by atoms with van der Waals surface area (Å²) >= 11 is 4.81. The van der Waals surface area contributed by atoms with Crippen molar-refractivity contribution in [2.24, 2.45) is 5.73 Å². The van der Waals surface area contributed by atoms with Crippen LogP contribution in [0.25, 0.3) is 0 Å². The summed E-state index contributed by atoms with van der Waals surface area (Å²) in [5.74, 6) is 0.419. The highest BCUT2D eigenvalue weighted by Crippen LogP contribution is 2.21. The molecule has 7 heteroatoms. The molecular weight excluding hydrogens is 251 g/mol. The van der Waals surface area contributed by atoms with Gasteiger partial charge in [0.05, 0.1) is 5.56 Å². The fourth-order valence-electron chi connectivity index (χ4n) is 1.24. The average Bonchev–Trinajstić information content (AvgIpc) is 2.23. The quantitative estimate of drug-likeness (QED) is 0.633. The Hall–Kier alpha value is -1.37. The summed E-state index contributed by atoms with van der Waals surface area (Å²) in [5, 5.41) is 2.79. The first kappa shape index (κ1) is 13.7. The van der Waals surface area contributed by atoms with Gasteiger partial charge in [0, 0.05) is 19.2 Å². The molecule has 0 radical (unpaired) electrons. The highest BCUT2D eigenvalue weighted by atomic mass is 32.1. The summed E-state index contributed by atoms with van der Waals surface area (Å²) in [6.07, 6.45) is -3.45. The lowest BCUT2D eigenvalue weighted by molar-refractivity contribution is -0.134. The van der Waals surface area contributed by atoms with Gasteiger partial charge in [0.1, 0.15) is 10.8 Å². The van der Waals surface area contributed by atoms with E-state index in [1.165, 1.54) is 6.20 Å². The third-order valence-corrected chi connectivity index (χ3v) is 2.22. The molecule has 1 heterocycles. The number of hydrogen-bond acceptors (Lipinski definition) is 3. The highest BCUT2D eigenvalue weighted by Gasteiger charge is 2.25. The van der Waals surface area contributed by atoms with Crippen LogP contribution < -0.4 is 11.1 Å². The maximum atomic E-state index is 11.9. The third-order valence-electron chi connectivity index (χ3n) is 2.00. The van der Waals surface area contributed by atoms with Crippen LogP contribution in [0.3, 0.4) is 0 Å². The highest BCUT2D eigenvalue weighted by molar-refractivity contribution is 7.80. The van der Waals surface area contributed by atoms with E-state index < -0.39 is 12.6 Å². The van der Waals surface area contributed by atoms with Crippen LogP contribution in [0.4, 0.5) is 19.0 Å². The minimum Gasteiger partial charge on any atom is -0.389 e. The molecule has 0 aliphatic rings. The van der Waals surface area contributed by atoms with Gasteiger partial charge in [0.25, 0.3) is 0 Å². The first-order valence-corrected chi connectivity index (χ1v) is 5.36. The van der Waals surface area contributed by atoms with E-state index >= 15 is 0 Å². The molecule has 0 saturated carbocycles. The Labute approximate surface area is 102 Å². The van der Waals surface area contributed by atoms with Crippen LogP contribution in [0.1, 0.15) is 18.4 Å². The Morgan fingerprint density at radius 2 is 2.18 bits per heavy atom. The van der Waals surface area contributed by atoms with Gasteiger partial charge in [-0.05, 0) is 18.6 Å². The molecule has 0 atom stereocenters. The maximum Gasteiger partial charge on any atom is 0.389 e. The third kappa shape index (κ3) is 4.99. The summed E-state index contributed by atoms with van der Waals surface area (Å²) in [6, 6.07) is 3.33. The van der Waals surface area contributed by atoms with Crippen molar-refractivity contribution in [1.82, 2.24) is 4.98 Å². The minimum atomic E-state index is -4.13. The molecule has 0 fully saturated rings. The molecule has 3 nitrogen and oxygen atoms in total. The van der Waals surface area contributed by atoms with Crippen molar-refractivity contribution in [2.75, 3.05) is 11.9 Å². The van der Waals surface area contributed by atoms with Crippen molar-refractivity contribution in [1.29, 1.82) is 0 Å². The molecule has 0 spiro atoms. The number of anilines is 1. The fraction of sp³-hybridized carbons (Fsp3) is 0.400. The number of rotatable bonds is 5. The van der Waals surface area contributed by atoms with Gasteiger partial charge in [-0.1, -0.05) is 12.2 Å². The first-order valence-electron chi connectivity index (χ1n) is 4.95. The van der Waals surface area contributed by atoms with Gasteiger partial charge in [-0.3, -0.25) is 0 Å². The van der Waals surface area contributed by atoms with Gasteiger partial charge in [-0.2, -0.15) is 13.2 Å². The molecule has 3 N–H and O–H groups in total. The maximum absolute atomic E-state index is 11.9. The Kier molecular flexibility index (Phi) is 4.68. The Morgan fingerprint density at radius 3 is 2.76 bits per heavy atom. The van der Waals surface area contributed by atoms with E-state index in [0.717, 1.165) is 0 Å². The lowest BCUT2D eigenvalue weighted by atomic mass is 10.2. The second-order valence-corrected chi connectivity index (χ2v) is 3.85. The smallest absolute Gasteiger partial charge is 0.389 e. The number of pyridine rings is 1. The van der Waals surface area contributed by atoms with Crippen molar-refractivity contribution in [3.8, 4) is 0 Å². The summed E-state index contributed by atoms with van der Waals surface area (Å²) < 4.78 is 35.7. The fourth-order valence-corrected chi connectivity index (χ4v) is 1.41. The Bertz CT molecular complexity index is 393. The van der Waals surface area contributed by atoms with Crippen molar-refractivity contribution >= 4 is 23.0 Å². The van der Waals surface area contributed by atoms with E-state index in [1.54, 1.807) is 12.1 Å². The molecule has 0 amide bonds. The van der Waals surface area contributed by atoms with Crippen LogP contribution in [0.15, 0.2) is 18.3 Å². The second kappa shape index (κ2) is 5.81. The molecule has 0 unspecified atom stereocenters. The van der Waals surface area contributed by atoms with Crippen LogP contribution in [0, 0.1) is 0 Å². The number of halogens is 3. The number of thiocarbonyl (C=S) groups is 1. The average molecular weight is 263 g/mol. The largest absolute Gasteiger partial charge is 0.389 e. The molecule has 1 aromatic rings. The standard InChI is InChI=1S/C10H12F3N3S/c11-10(12,13)4-2-6-16-9-7(8(14)17)3-1-5-15-9/h1,3,5H,2,4,6H2,(H2,14,17)(H,15,16). The summed E-state index contributed by atoms with van der Waals surface area (Å²) in [5.41, 5.74) is 6.00. The predicted octanol–water partition coefficient (Wildman–Crippen LogP) is 2.47. The number of alkyl halides is 3. The molecule has 0 aliphatic heterocycles. The molecule has 0 saturated heterocycles. The van der Waals surface area contributed by atoms with E-state index in [2.05, 4.69) is 10.3 Å². The monoisotopic (exact) mass is 263 g/mol. The van der Waals surface area contributed by atoms with Gasteiger partial charge in [0.15, 0.2) is 0 Å². The Balaban J connectivity index is 2.49. The van der Waals surface area contributed by atoms with Gasteiger partial charge in [-0.15, -0.1) is 0 Å². The summed E-state index contributed by atoms with van der Waals surface area (Å²) in [4.78, 5) is 4.14. The van der Waals surface area contributed by atoms with E-state index in [4.69, 9.17) is 18.0 Å². The van der Waals surface area contributed by atoms with E-state index in [1.807, 2.05) is 0 Å². The van der Waals surface area contributed by atoms with Crippen molar-refractivity contribution in [3.63, 3.8) is 0 Å². The molecule has 94 valence electrons. The number of nitrogens with zero attached hydrogens (tertiary/aromatic N) is 1. The van der Waals surface area contributed by atoms with Crippen molar-refractivity contribution in [3.05, 3.63) is 23.9 Å². The predicted molar refractivity (Wildman–Crippen MR) is 63.9 cm³/mol. The molecule has 0 bridgehead atoms. The Morgan fingerprint density at radius 1 is 1.47 bits per heavy atom. The molecular formula is C10H12F3N3S. The molecule has 0 aliphatic carbocycles. The van der Waals surface area contributed by atoms with Crippen molar-refractivity contribution < 1.29 is 13.2 Å². The second-order valence-electron chi connectivity index (χ2n) is 3.41. The van der Waals surface area contributed by atoms with Gasteiger partial charge in [-0.25, -0.2) is 4.98 Å². The number of hydrogen-bond donors (Lipinski definition) is 2. The minimum absolute atomic E-state index is 0.0170. The molecule has 1 rings (SSSR count). The van der Waals surface area contributed by atoms with Crippen LogP contribution >= 0.6 is 12.2 Å². The van der Waals surface area contributed by atoms with Gasteiger partial charge in [0.2, 0.25) is 0 Å². The first-order chi connectivity index (χ1) is 7.90. The topological polar surface area (TPSA) is 50.9 Å². The number of nitrogens with two attached hydrogens (primary N) is 1. The van der Waals surface area contributed by atoms with E-state index in [0.29, 0.717) is 11.4 Å². The molecule has 17 heavy (non-hydrogen) atoms. The van der Waals surface area contributed by atoms with E-state index in [9.17, 15) is 13.2 Å². The van der Waals surface area contributed by atoms with Gasteiger partial charge >= 0.3 is 6.18 Å². The van der Waals surface area contributed by atoms with Gasteiger partial charge < -0.3 is 11.1 Å².